The largest absolute Gasteiger partial charge is 0.334 e. The molecular formula is C20H32N2O2. The molecule has 0 saturated heterocycles. The number of nitrogens with one attached hydrogen (secondary N) is 1. The van der Waals surface area contributed by atoms with E-state index in [1.165, 1.54) is 5.56 Å². The minimum absolute atomic E-state index is 0.332. The van der Waals surface area contributed by atoms with Gasteiger partial charge in [-0.1, -0.05) is 53.2 Å². The first kappa shape index (κ1) is 20.2. The van der Waals surface area contributed by atoms with Crippen LogP contribution in [0.2, 0.25) is 0 Å². The van der Waals surface area contributed by atoms with Crippen molar-refractivity contribution in [3.63, 3.8) is 0 Å². The molecule has 0 aromatic heterocycles. The summed E-state index contributed by atoms with van der Waals surface area (Å²) >= 11 is 0. The van der Waals surface area contributed by atoms with Gasteiger partial charge in [0.2, 0.25) is 0 Å². The van der Waals surface area contributed by atoms with E-state index in [0.29, 0.717) is 30.6 Å². The number of carbonyl (C=O) groups is 2. The Bertz CT molecular complexity index is 511. The molecule has 0 heterocycles. The van der Waals surface area contributed by atoms with E-state index in [1.807, 2.05) is 52.0 Å². The summed E-state index contributed by atoms with van der Waals surface area (Å²) in [5.74, 6) is -0.346. The van der Waals surface area contributed by atoms with Crippen LogP contribution in [0.25, 0.3) is 0 Å². The maximum atomic E-state index is 12.4. The molecule has 0 saturated carbocycles. The maximum Gasteiger partial charge on any atom is 0.313 e. The first-order chi connectivity index (χ1) is 11.3. The van der Waals surface area contributed by atoms with Gasteiger partial charge in [-0.25, -0.2) is 0 Å². The summed E-state index contributed by atoms with van der Waals surface area (Å²) in [6.07, 6.45) is 3.36. The quantitative estimate of drug-likeness (QED) is 0.728. The van der Waals surface area contributed by atoms with E-state index in [1.54, 1.807) is 4.90 Å². The van der Waals surface area contributed by atoms with Crippen LogP contribution < -0.4 is 5.32 Å². The number of nitrogens with zero attached hydrogens (tertiary/aromatic N) is 1. The zero-order valence-corrected chi connectivity index (χ0v) is 15.8. The highest BCUT2D eigenvalue weighted by Gasteiger charge is 2.23. The number of unbranched alkanes of at least 4 members (excludes halogenated alkanes) is 1. The van der Waals surface area contributed by atoms with Gasteiger partial charge in [-0.15, -0.1) is 0 Å². The van der Waals surface area contributed by atoms with Gasteiger partial charge in [0.05, 0.1) is 0 Å². The number of aryl methyl sites for hydroxylation is 1. The fourth-order valence-corrected chi connectivity index (χ4v) is 2.59. The van der Waals surface area contributed by atoms with Crippen molar-refractivity contribution in [2.24, 2.45) is 11.8 Å². The lowest BCUT2D eigenvalue weighted by molar-refractivity contribution is -0.143. The Morgan fingerprint density at radius 2 is 1.54 bits per heavy atom. The monoisotopic (exact) mass is 332 g/mol. The SMILES string of the molecule is CCCCc1ccc(NC(=O)C(=O)N(CC(C)C)CC(C)C)cc1. The molecular weight excluding hydrogens is 300 g/mol. The molecule has 0 spiro atoms. The molecule has 24 heavy (non-hydrogen) atoms. The Morgan fingerprint density at radius 1 is 1.00 bits per heavy atom. The topological polar surface area (TPSA) is 49.4 Å². The van der Waals surface area contributed by atoms with Crippen molar-refractivity contribution in [3.05, 3.63) is 29.8 Å². The van der Waals surface area contributed by atoms with Crippen molar-refractivity contribution in [2.45, 2.75) is 53.9 Å². The van der Waals surface area contributed by atoms with Crippen molar-refractivity contribution in [1.29, 1.82) is 0 Å². The molecule has 0 atom stereocenters. The van der Waals surface area contributed by atoms with Crippen LogP contribution in [0, 0.1) is 11.8 Å². The number of anilines is 1. The van der Waals surface area contributed by atoms with Crippen LogP contribution in [0.4, 0.5) is 5.69 Å². The van der Waals surface area contributed by atoms with Crippen LogP contribution in [0.3, 0.4) is 0 Å². The number of carbonyl (C=O) groups excluding carboxylic acids is 2. The van der Waals surface area contributed by atoms with Crippen LogP contribution in [0.1, 0.15) is 53.0 Å². The van der Waals surface area contributed by atoms with Gasteiger partial charge < -0.3 is 10.2 Å². The summed E-state index contributed by atoms with van der Waals surface area (Å²) in [5.41, 5.74) is 1.92. The molecule has 1 rings (SSSR count). The second kappa shape index (κ2) is 10.1. The van der Waals surface area contributed by atoms with Crippen molar-refractivity contribution in [3.8, 4) is 0 Å². The Balaban J connectivity index is 2.68. The van der Waals surface area contributed by atoms with Crippen LogP contribution in [-0.2, 0) is 16.0 Å². The number of rotatable bonds is 8. The Labute approximate surface area is 146 Å². The molecule has 0 unspecified atom stereocenters. The van der Waals surface area contributed by atoms with Crippen molar-refractivity contribution >= 4 is 17.5 Å². The average Bonchev–Trinajstić information content (AvgIpc) is 2.52. The normalized spacial score (nSPS) is 11.0. The van der Waals surface area contributed by atoms with Crippen molar-refractivity contribution in [2.75, 3.05) is 18.4 Å². The van der Waals surface area contributed by atoms with Crippen LogP contribution in [0.15, 0.2) is 24.3 Å². The van der Waals surface area contributed by atoms with E-state index >= 15 is 0 Å². The van der Waals surface area contributed by atoms with Gasteiger partial charge in [0.25, 0.3) is 0 Å². The zero-order valence-electron chi connectivity index (χ0n) is 15.8. The molecule has 134 valence electrons. The first-order valence-corrected chi connectivity index (χ1v) is 9.02. The van der Waals surface area contributed by atoms with Crippen molar-refractivity contribution in [1.82, 2.24) is 4.90 Å². The third kappa shape index (κ3) is 7.16. The predicted molar refractivity (Wildman–Crippen MR) is 99.9 cm³/mol. The molecule has 0 fully saturated rings. The van der Waals surface area contributed by atoms with E-state index in [0.717, 1.165) is 19.3 Å². The predicted octanol–water partition coefficient (Wildman–Crippen LogP) is 4.11. The molecule has 4 nitrogen and oxygen atoms in total. The first-order valence-electron chi connectivity index (χ1n) is 9.02. The van der Waals surface area contributed by atoms with Gasteiger partial charge in [-0.3, -0.25) is 9.59 Å². The van der Waals surface area contributed by atoms with E-state index in [9.17, 15) is 9.59 Å². The Hall–Kier alpha value is -1.84. The van der Waals surface area contributed by atoms with Gasteiger partial charge in [0.15, 0.2) is 0 Å². The summed E-state index contributed by atoms with van der Waals surface area (Å²) in [5, 5.41) is 2.72. The molecule has 1 aromatic rings. The minimum Gasteiger partial charge on any atom is -0.334 e. The fraction of sp³-hybridized carbons (Fsp3) is 0.600. The smallest absolute Gasteiger partial charge is 0.313 e. The lowest BCUT2D eigenvalue weighted by Crippen LogP contribution is -2.43. The van der Waals surface area contributed by atoms with Gasteiger partial charge in [-0.2, -0.15) is 0 Å². The van der Waals surface area contributed by atoms with Crippen LogP contribution in [0.5, 0.6) is 0 Å². The molecule has 1 aromatic carbocycles. The summed E-state index contributed by atoms with van der Waals surface area (Å²) < 4.78 is 0. The standard InChI is InChI=1S/C20H32N2O2/c1-6-7-8-17-9-11-18(12-10-17)21-19(23)20(24)22(13-15(2)3)14-16(4)5/h9-12,15-16H,6-8,13-14H2,1-5H3,(H,21,23). The highest BCUT2D eigenvalue weighted by atomic mass is 16.2. The molecule has 0 aliphatic carbocycles. The van der Waals surface area contributed by atoms with Gasteiger partial charge in [0.1, 0.15) is 0 Å². The molecule has 1 N–H and O–H groups in total. The number of hydrogen-bond donors (Lipinski definition) is 1. The highest BCUT2D eigenvalue weighted by molar-refractivity contribution is 6.39. The number of benzene rings is 1. The lowest BCUT2D eigenvalue weighted by Gasteiger charge is -2.25. The molecule has 0 radical (unpaired) electrons. The molecule has 2 amide bonds. The van der Waals surface area contributed by atoms with Gasteiger partial charge in [0, 0.05) is 18.8 Å². The Morgan fingerprint density at radius 3 is 2.00 bits per heavy atom. The van der Waals surface area contributed by atoms with Crippen LogP contribution in [-0.4, -0.2) is 29.8 Å². The number of amides is 2. The van der Waals surface area contributed by atoms with E-state index in [4.69, 9.17) is 0 Å². The van der Waals surface area contributed by atoms with E-state index < -0.39 is 11.8 Å². The van der Waals surface area contributed by atoms with E-state index in [2.05, 4.69) is 12.2 Å². The third-order valence-corrected chi connectivity index (χ3v) is 3.68. The fourth-order valence-electron chi connectivity index (χ4n) is 2.59. The summed E-state index contributed by atoms with van der Waals surface area (Å²) in [4.78, 5) is 26.4. The second-order valence-electron chi connectivity index (χ2n) is 7.25. The molecule has 4 heteroatoms. The second-order valence-corrected chi connectivity index (χ2v) is 7.25. The van der Waals surface area contributed by atoms with Crippen molar-refractivity contribution < 1.29 is 9.59 Å². The summed E-state index contributed by atoms with van der Waals surface area (Å²) in [6, 6.07) is 7.75. The van der Waals surface area contributed by atoms with Gasteiger partial charge in [-0.05, 0) is 42.4 Å². The van der Waals surface area contributed by atoms with E-state index in [-0.39, 0.29) is 0 Å². The van der Waals surface area contributed by atoms with Gasteiger partial charge >= 0.3 is 11.8 Å². The minimum atomic E-state index is -0.558. The van der Waals surface area contributed by atoms with Crippen LogP contribution >= 0.6 is 0 Å². The molecule has 0 aliphatic rings. The average molecular weight is 332 g/mol. The molecule has 0 bridgehead atoms. The lowest BCUT2D eigenvalue weighted by atomic mass is 10.1. The molecule has 0 aliphatic heterocycles. The third-order valence-electron chi connectivity index (χ3n) is 3.68. The summed E-state index contributed by atoms with van der Waals surface area (Å²) in [6.45, 7) is 11.6. The number of hydrogen-bond acceptors (Lipinski definition) is 2. The summed E-state index contributed by atoms with van der Waals surface area (Å²) in [7, 11) is 0. The maximum absolute atomic E-state index is 12.4. The highest BCUT2D eigenvalue weighted by Crippen LogP contribution is 2.12. The zero-order chi connectivity index (χ0) is 18.1. The Kier molecular flexibility index (Phi) is 8.51.